The van der Waals surface area contributed by atoms with Gasteiger partial charge in [-0.2, -0.15) is 0 Å². The lowest BCUT2D eigenvalue weighted by Gasteiger charge is -2.39. The number of ether oxygens (including phenoxy) is 2. The second-order valence-corrected chi connectivity index (χ2v) is 10.5. The van der Waals surface area contributed by atoms with Crippen LogP contribution in [-0.4, -0.2) is 35.3 Å². The Kier molecular flexibility index (Phi) is 7.18. The summed E-state index contributed by atoms with van der Waals surface area (Å²) in [6.07, 6.45) is -2.19. The van der Waals surface area contributed by atoms with Gasteiger partial charge in [-0.25, -0.2) is 4.57 Å². The molecule has 1 aliphatic heterocycles. The fourth-order valence-corrected chi connectivity index (χ4v) is 5.55. The van der Waals surface area contributed by atoms with Crippen LogP contribution in [0.4, 0.5) is 0 Å². The maximum Gasteiger partial charge on any atom is 0.475 e. The second-order valence-electron chi connectivity index (χ2n) is 8.88. The van der Waals surface area contributed by atoms with Gasteiger partial charge < -0.3 is 14.6 Å². The molecule has 2 aliphatic rings. The Bertz CT molecular complexity index is 873. The predicted molar refractivity (Wildman–Crippen MR) is 119 cm³/mol. The lowest BCUT2D eigenvalue weighted by atomic mass is 9.82. The Morgan fingerprint density at radius 3 is 1.97 bits per heavy atom. The van der Waals surface area contributed by atoms with Crippen LogP contribution in [0.25, 0.3) is 0 Å². The predicted octanol–water partition coefficient (Wildman–Crippen LogP) is 4.83. The average Bonchev–Trinajstić information content (AvgIpc) is 3.12. The summed E-state index contributed by atoms with van der Waals surface area (Å²) in [6, 6.07) is 18.8. The Morgan fingerprint density at radius 1 is 0.938 bits per heavy atom. The molecule has 2 aromatic carbocycles. The number of rotatable bonds is 8. The van der Waals surface area contributed by atoms with Gasteiger partial charge in [0, 0.05) is 0 Å². The van der Waals surface area contributed by atoms with E-state index in [0.717, 1.165) is 11.1 Å². The van der Waals surface area contributed by atoms with E-state index in [9.17, 15) is 9.67 Å². The summed E-state index contributed by atoms with van der Waals surface area (Å²) in [7, 11) is -4.01. The molecule has 2 fully saturated rings. The smallest absolute Gasteiger partial charge is 0.388 e. The van der Waals surface area contributed by atoms with Crippen molar-refractivity contribution in [2.75, 3.05) is 0 Å². The van der Waals surface area contributed by atoms with Gasteiger partial charge in [-0.1, -0.05) is 67.6 Å². The first kappa shape index (κ1) is 23.6. The van der Waals surface area contributed by atoms with E-state index in [2.05, 4.69) is 0 Å². The second kappa shape index (κ2) is 9.74. The maximum absolute atomic E-state index is 13.6. The zero-order valence-electron chi connectivity index (χ0n) is 18.6. The standard InChI is InChI=1S/C24H31O7P/c1-17-14-20(21(25)23-22(17)29-24(2,3)30-23)31-32(26,27-15-18-10-6-4-7-11-18)28-16-19-12-8-5-9-13-19/h4-13,17,20-23,25H,14-16H2,1-3H3/t17-,20+,21-,22-,23+/m1/s1. The van der Waals surface area contributed by atoms with Crippen molar-refractivity contribution in [3.05, 3.63) is 71.8 Å². The molecule has 0 unspecified atom stereocenters. The van der Waals surface area contributed by atoms with Crippen LogP contribution in [-0.2, 0) is 40.8 Å². The van der Waals surface area contributed by atoms with Crippen molar-refractivity contribution in [2.24, 2.45) is 5.92 Å². The maximum atomic E-state index is 13.6. The molecule has 1 saturated heterocycles. The van der Waals surface area contributed by atoms with Crippen LogP contribution in [0.1, 0.15) is 38.3 Å². The minimum absolute atomic E-state index is 0.0341. The quantitative estimate of drug-likeness (QED) is 0.563. The van der Waals surface area contributed by atoms with Crippen molar-refractivity contribution in [1.82, 2.24) is 0 Å². The van der Waals surface area contributed by atoms with Gasteiger partial charge in [0.05, 0.1) is 25.4 Å². The first-order chi connectivity index (χ1) is 15.2. The van der Waals surface area contributed by atoms with Gasteiger partial charge in [0.15, 0.2) is 5.79 Å². The summed E-state index contributed by atoms with van der Waals surface area (Å²) in [5.41, 5.74) is 1.68. The van der Waals surface area contributed by atoms with E-state index >= 15 is 0 Å². The van der Waals surface area contributed by atoms with Crippen LogP contribution >= 0.6 is 7.82 Å². The molecule has 4 rings (SSSR count). The summed E-state index contributed by atoms with van der Waals surface area (Å²) in [5.74, 6) is -0.761. The van der Waals surface area contributed by atoms with Crippen LogP contribution in [0.15, 0.2) is 60.7 Å². The number of phosphoric ester groups is 1. The summed E-state index contributed by atoms with van der Waals surface area (Å²) in [6.45, 7) is 5.76. The third-order valence-corrected chi connectivity index (χ3v) is 7.19. The van der Waals surface area contributed by atoms with Crippen LogP contribution < -0.4 is 0 Å². The summed E-state index contributed by atoms with van der Waals surface area (Å²) < 4.78 is 42.8. The Balaban J connectivity index is 1.49. The Morgan fingerprint density at radius 2 is 1.44 bits per heavy atom. The molecule has 2 aromatic rings. The van der Waals surface area contributed by atoms with Crippen LogP contribution in [0.2, 0.25) is 0 Å². The molecule has 1 heterocycles. The van der Waals surface area contributed by atoms with E-state index < -0.39 is 31.9 Å². The topological polar surface area (TPSA) is 83.5 Å². The highest BCUT2D eigenvalue weighted by Crippen LogP contribution is 2.54. The number of hydrogen-bond acceptors (Lipinski definition) is 7. The van der Waals surface area contributed by atoms with Gasteiger partial charge in [0.1, 0.15) is 12.2 Å². The zero-order valence-corrected chi connectivity index (χ0v) is 19.5. The lowest BCUT2D eigenvalue weighted by Crippen LogP contribution is -2.52. The number of benzene rings is 2. The number of aliphatic hydroxyl groups excluding tert-OH is 1. The minimum Gasteiger partial charge on any atom is -0.388 e. The van der Waals surface area contributed by atoms with Gasteiger partial charge in [0.2, 0.25) is 0 Å². The van der Waals surface area contributed by atoms with Crippen LogP contribution in [0.5, 0.6) is 0 Å². The monoisotopic (exact) mass is 462 g/mol. The molecule has 1 aliphatic carbocycles. The molecular weight excluding hydrogens is 431 g/mol. The molecule has 0 radical (unpaired) electrons. The molecule has 32 heavy (non-hydrogen) atoms. The lowest BCUT2D eigenvalue weighted by molar-refractivity contribution is -0.158. The van der Waals surface area contributed by atoms with Crippen molar-refractivity contribution in [2.45, 2.75) is 70.6 Å². The highest BCUT2D eigenvalue weighted by molar-refractivity contribution is 7.48. The molecule has 5 atom stereocenters. The highest BCUT2D eigenvalue weighted by Gasteiger charge is 2.54. The summed E-state index contributed by atoms with van der Waals surface area (Å²) in [5, 5.41) is 11.0. The molecule has 1 N–H and O–H groups in total. The minimum atomic E-state index is -4.01. The van der Waals surface area contributed by atoms with Crippen molar-refractivity contribution < 1.29 is 32.7 Å². The number of aliphatic hydroxyl groups is 1. The molecule has 174 valence electrons. The van der Waals surface area contributed by atoms with E-state index in [0.29, 0.717) is 6.42 Å². The average molecular weight is 462 g/mol. The molecule has 0 spiro atoms. The first-order valence-electron chi connectivity index (χ1n) is 10.9. The summed E-state index contributed by atoms with van der Waals surface area (Å²) >= 11 is 0. The fraction of sp³-hybridized carbons (Fsp3) is 0.500. The van der Waals surface area contributed by atoms with E-state index in [4.69, 9.17) is 23.0 Å². The number of phosphoric acid groups is 1. The molecule has 1 saturated carbocycles. The van der Waals surface area contributed by atoms with Crippen molar-refractivity contribution in [3.63, 3.8) is 0 Å². The first-order valence-corrected chi connectivity index (χ1v) is 12.4. The van der Waals surface area contributed by atoms with Gasteiger partial charge in [-0.3, -0.25) is 13.6 Å². The van der Waals surface area contributed by atoms with E-state index in [1.165, 1.54) is 0 Å². The Hall–Kier alpha value is -1.57. The van der Waals surface area contributed by atoms with Crippen LogP contribution in [0.3, 0.4) is 0 Å². The zero-order chi connectivity index (χ0) is 22.8. The summed E-state index contributed by atoms with van der Waals surface area (Å²) in [4.78, 5) is 0. The van der Waals surface area contributed by atoms with E-state index in [1.807, 2.05) is 81.4 Å². The Labute approximate surface area is 189 Å². The highest BCUT2D eigenvalue weighted by atomic mass is 31.2. The molecule has 8 heteroatoms. The van der Waals surface area contributed by atoms with Crippen molar-refractivity contribution >= 4 is 7.82 Å². The van der Waals surface area contributed by atoms with Gasteiger partial charge in [-0.15, -0.1) is 0 Å². The third-order valence-electron chi connectivity index (χ3n) is 5.77. The molecule has 0 amide bonds. The van der Waals surface area contributed by atoms with Crippen molar-refractivity contribution in [1.29, 1.82) is 0 Å². The normalized spacial score (nSPS) is 29.6. The third kappa shape index (κ3) is 5.67. The number of hydrogen-bond donors (Lipinski definition) is 1. The van der Waals surface area contributed by atoms with Crippen LogP contribution in [0, 0.1) is 5.92 Å². The van der Waals surface area contributed by atoms with Crippen molar-refractivity contribution in [3.8, 4) is 0 Å². The molecular formula is C24H31O7P. The molecule has 0 bridgehead atoms. The largest absolute Gasteiger partial charge is 0.475 e. The van der Waals surface area contributed by atoms with Gasteiger partial charge >= 0.3 is 7.82 Å². The van der Waals surface area contributed by atoms with E-state index in [-0.39, 0.29) is 25.2 Å². The SMILES string of the molecule is C[C@@H]1C[C@H](OP(=O)(OCc2ccccc2)OCc2ccccc2)[C@@H](O)[C@@H]2OC(C)(C)O[C@@H]21. The van der Waals surface area contributed by atoms with Gasteiger partial charge in [0.25, 0.3) is 0 Å². The number of fused-ring (bicyclic) bond motifs is 1. The van der Waals surface area contributed by atoms with E-state index in [1.54, 1.807) is 0 Å². The molecule has 7 nitrogen and oxygen atoms in total. The molecule has 0 aromatic heterocycles. The fourth-order valence-electron chi connectivity index (χ4n) is 4.20. The van der Waals surface area contributed by atoms with Gasteiger partial charge in [-0.05, 0) is 37.3 Å².